The van der Waals surface area contributed by atoms with E-state index in [-0.39, 0.29) is 0 Å². The van der Waals surface area contributed by atoms with Crippen molar-refractivity contribution in [2.24, 2.45) is 0 Å². The fraction of sp³-hybridized carbons (Fsp3) is 0. The van der Waals surface area contributed by atoms with Crippen LogP contribution >= 0.6 is 11.3 Å². The second kappa shape index (κ2) is 10.4. The summed E-state index contributed by atoms with van der Waals surface area (Å²) in [6.07, 6.45) is 1.98. The van der Waals surface area contributed by atoms with Crippen molar-refractivity contribution in [3.05, 3.63) is 146 Å². The summed E-state index contributed by atoms with van der Waals surface area (Å²) in [4.78, 5) is 20.1. The molecule has 210 valence electrons. The van der Waals surface area contributed by atoms with Gasteiger partial charge in [0.1, 0.15) is 0 Å². The van der Waals surface area contributed by atoms with Crippen LogP contribution in [0.25, 0.3) is 87.1 Å². The summed E-state index contributed by atoms with van der Waals surface area (Å²) in [6.45, 7) is 0. The first-order chi connectivity index (χ1) is 22.3. The number of pyridine rings is 1. The number of hydrogen-bond acceptors (Lipinski definition) is 5. The molecule has 0 spiro atoms. The highest BCUT2D eigenvalue weighted by atomic mass is 32.1. The Morgan fingerprint density at radius 1 is 0.422 bits per heavy atom. The van der Waals surface area contributed by atoms with Crippen LogP contribution in [0.3, 0.4) is 0 Å². The molecule has 0 aliphatic carbocycles. The number of nitrogens with zero attached hydrogens (tertiary/aromatic N) is 4. The van der Waals surface area contributed by atoms with Crippen molar-refractivity contribution >= 4 is 53.2 Å². The lowest BCUT2D eigenvalue weighted by Crippen LogP contribution is -2.00. The Balaban J connectivity index is 1.34. The predicted octanol–water partition coefficient (Wildman–Crippen LogP) is 10.6. The lowest BCUT2D eigenvalue weighted by Gasteiger charge is -2.12. The molecule has 9 rings (SSSR count). The number of benzene rings is 6. The van der Waals surface area contributed by atoms with E-state index in [9.17, 15) is 0 Å². The van der Waals surface area contributed by atoms with Crippen LogP contribution in [0.15, 0.2) is 146 Å². The molecule has 4 nitrogen and oxygen atoms in total. The molecule has 9 aromatic rings. The molecule has 3 aromatic heterocycles. The van der Waals surface area contributed by atoms with Gasteiger partial charge in [-0.05, 0) is 46.7 Å². The first kappa shape index (κ1) is 25.7. The van der Waals surface area contributed by atoms with Crippen molar-refractivity contribution in [1.82, 2.24) is 19.9 Å². The van der Waals surface area contributed by atoms with Crippen LogP contribution in [-0.4, -0.2) is 19.9 Å². The maximum absolute atomic E-state index is 5.11. The Hall–Kier alpha value is -5.78. The van der Waals surface area contributed by atoms with Crippen LogP contribution in [0, 0.1) is 0 Å². The molecular weight excluding hydrogens is 569 g/mol. The van der Waals surface area contributed by atoms with E-state index in [1.54, 1.807) is 11.3 Å². The number of hydrogen-bond donors (Lipinski definition) is 0. The monoisotopic (exact) mass is 592 g/mol. The Kier molecular flexibility index (Phi) is 5.96. The lowest BCUT2D eigenvalue weighted by atomic mass is 9.97. The second-order valence-corrected chi connectivity index (χ2v) is 12.2. The van der Waals surface area contributed by atoms with Crippen LogP contribution in [0.2, 0.25) is 0 Å². The molecule has 0 saturated heterocycles. The summed E-state index contributed by atoms with van der Waals surface area (Å²) >= 11 is 1.78. The Bertz CT molecular complexity index is 2480. The molecule has 6 aromatic carbocycles. The maximum Gasteiger partial charge on any atom is 0.165 e. The third kappa shape index (κ3) is 4.44. The summed E-state index contributed by atoms with van der Waals surface area (Å²) < 4.78 is 2.39. The summed E-state index contributed by atoms with van der Waals surface area (Å²) in [5.74, 6) is 1.95. The number of rotatable bonds is 4. The first-order valence-electron chi connectivity index (χ1n) is 14.9. The summed E-state index contributed by atoms with van der Waals surface area (Å²) in [5, 5.41) is 5.95. The van der Waals surface area contributed by atoms with E-state index in [0.29, 0.717) is 17.5 Å². The Morgan fingerprint density at radius 2 is 1.04 bits per heavy atom. The molecule has 0 aliphatic heterocycles. The minimum absolute atomic E-state index is 0.651. The van der Waals surface area contributed by atoms with Crippen molar-refractivity contribution in [2.45, 2.75) is 0 Å². The van der Waals surface area contributed by atoms with E-state index in [1.807, 2.05) is 66.9 Å². The fourth-order valence-electron chi connectivity index (χ4n) is 6.13. The van der Waals surface area contributed by atoms with E-state index in [1.165, 1.54) is 26.2 Å². The molecule has 0 saturated carbocycles. The van der Waals surface area contributed by atoms with Crippen molar-refractivity contribution in [3.8, 4) is 45.3 Å². The topological polar surface area (TPSA) is 51.6 Å². The zero-order valence-electron chi connectivity index (χ0n) is 24.1. The van der Waals surface area contributed by atoms with Gasteiger partial charge in [0.2, 0.25) is 0 Å². The molecule has 5 heteroatoms. The highest BCUT2D eigenvalue weighted by Gasteiger charge is 2.19. The third-order valence-electron chi connectivity index (χ3n) is 8.34. The van der Waals surface area contributed by atoms with Crippen molar-refractivity contribution < 1.29 is 0 Å². The highest BCUT2D eigenvalue weighted by Crippen LogP contribution is 2.43. The van der Waals surface area contributed by atoms with Gasteiger partial charge in [-0.3, -0.25) is 4.98 Å². The van der Waals surface area contributed by atoms with Gasteiger partial charge in [-0.2, -0.15) is 0 Å². The van der Waals surface area contributed by atoms with Crippen molar-refractivity contribution in [3.63, 3.8) is 0 Å². The van der Waals surface area contributed by atoms with Crippen LogP contribution in [0.1, 0.15) is 0 Å². The molecule has 0 amide bonds. The number of thiophene rings is 1. The van der Waals surface area contributed by atoms with Crippen LogP contribution in [0.4, 0.5) is 0 Å². The molecule has 45 heavy (non-hydrogen) atoms. The zero-order chi connectivity index (χ0) is 29.7. The molecule has 0 atom stereocenters. The van der Waals surface area contributed by atoms with E-state index >= 15 is 0 Å². The van der Waals surface area contributed by atoms with Gasteiger partial charge in [-0.15, -0.1) is 11.3 Å². The minimum atomic E-state index is 0.651. The zero-order valence-corrected chi connectivity index (χ0v) is 24.9. The Labute approximate surface area is 263 Å². The van der Waals surface area contributed by atoms with Crippen LogP contribution in [-0.2, 0) is 0 Å². The van der Waals surface area contributed by atoms with Gasteiger partial charge in [0.25, 0.3) is 0 Å². The van der Waals surface area contributed by atoms with Crippen LogP contribution in [0.5, 0.6) is 0 Å². The predicted molar refractivity (Wildman–Crippen MR) is 187 cm³/mol. The standard InChI is InChI=1S/C40H24N4S/c1-3-12-26(13-4-1)38-42-39(27-14-5-2-6-15-27)44-40(43-38)34-22-28(21-33-31-17-9-10-18-36(31)45-37(33)34)29-23-32-30-16-8-7-11-25(30)19-20-35(32)41-24-29/h1-24H. The highest BCUT2D eigenvalue weighted by molar-refractivity contribution is 7.26. The van der Waals surface area contributed by atoms with Crippen LogP contribution < -0.4 is 0 Å². The van der Waals surface area contributed by atoms with Gasteiger partial charge in [0, 0.05) is 54.0 Å². The molecule has 0 N–H and O–H groups in total. The smallest absolute Gasteiger partial charge is 0.165 e. The van der Waals surface area contributed by atoms with Crippen molar-refractivity contribution in [1.29, 1.82) is 0 Å². The van der Waals surface area contributed by atoms with Gasteiger partial charge < -0.3 is 0 Å². The summed E-state index contributed by atoms with van der Waals surface area (Å²) in [7, 11) is 0. The van der Waals surface area contributed by atoms with Gasteiger partial charge in [0.05, 0.1) is 5.52 Å². The molecule has 0 bridgehead atoms. The fourth-order valence-corrected chi connectivity index (χ4v) is 7.32. The average Bonchev–Trinajstić information content (AvgIpc) is 3.50. The van der Waals surface area contributed by atoms with Crippen molar-refractivity contribution in [2.75, 3.05) is 0 Å². The summed E-state index contributed by atoms with van der Waals surface area (Å²) in [5.41, 5.74) is 6.00. The largest absolute Gasteiger partial charge is 0.256 e. The SMILES string of the molecule is c1ccc(-c2nc(-c3ccccc3)nc(-c3cc(-c4cnc5ccc6ccccc6c5c4)cc4c3sc3ccccc34)n2)cc1. The molecule has 0 fully saturated rings. The molecule has 0 aliphatic rings. The van der Waals surface area contributed by atoms with E-state index in [2.05, 4.69) is 78.9 Å². The number of fused-ring (bicyclic) bond motifs is 6. The van der Waals surface area contributed by atoms with Gasteiger partial charge >= 0.3 is 0 Å². The summed E-state index contributed by atoms with van der Waals surface area (Å²) in [6, 6.07) is 48.4. The maximum atomic E-state index is 5.11. The molecule has 3 heterocycles. The van der Waals surface area contributed by atoms with Gasteiger partial charge in [-0.1, -0.05) is 109 Å². The minimum Gasteiger partial charge on any atom is -0.256 e. The average molecular weight is 593 g/mol. The van der Waals surface area contributed by atoms with E-state index in [0.717, 1.165) is 43.4 Å². The van der Waals surface area contributed by atoms with E-state index < -0.39 is 0 Å². The number of aromatic nitrogens is 4. The quantitative estimate of drug-likeness (QED) is 0.191. The molecule has 0 radical (unpaired) electrons. The molecular formula is C40H24N4S. The van der Waals surface area contributed by atoms with Gasteiger partial charge in [0.15, 0.2) is 17.5 Å². The first-order valence-corrected chi connectivity index (χ1v) is 15.7. The van der Waals surface area contributed by atoms with Gasteiger partial charge in [-0.25, -0.2) is 15.0 Å². The van der Waals surface area contributed by atoms with E-state index in [4.69, 9.17) is 19.9 Å². The lowest BCUT2D eigenvalue weighted by molar-refractivity contribution is 1.08. The normalized spacial score (nSPS) is 11.6. The second-order valence-electron chi connectivity index (χ2n) is 11.1. The molecule has 0 unspecified atom stereocenters. The third-order valence-corrected chi connectivity index (χ3v) is 9.56. The Morgan fingerprint density at radius 3 is 1.80 bits per heavy atom.